The maximum Gasteiger partial charge on any atom is 0.466 e. The smallest absolute Gasteiger partial charge is 0.303 e. The number of hydrogen-bond donors (Lipinski definition) is 4. The standard InChI is InChI=1S/C5H6N2O2S.H3O4P/c6-10(8,9)5-3-1-2-4-7-5;1-5(2,3)4/h1-4H,(H2,6,8,9);(H3,1,2,3,4). The van der Waals surface area contributed by atoms with Crippen LogP contribution in [0.25, 0.3) is 0 Å². The van der Waals surface area contributed by atoms with Crippen LogP contribution in [0.5, 0.6) is 0 Å². The quantitative estimate of drug-likeness (QED) is 0.460. The molecule has 0 bridgehead atoms. The molecule has 5 N–H and O–H groups in total. The molecule has 1 rings (SSSR count). The number of hydrogen-bond acceptors (Lipinski definition) is 4. The normalized spacial score (nSPS) is 11.5. The van der Waals surface area contributed by atoms with E-state index < -0.39 is 17.8 Å². The van der Waals surface area contributed by atoms with Crippen LogP contribution in [0.3, 0.4) is 0 Å². The number of pyridine rings is 1. The van der Waals surface area contributed by atoms with E-state index in [0.29, 0.717) is 0 Å². The molecular weight excluding hydrogens is 247 g/mol. The topological polar surface area (TPSA) is 151 Å². The van der Waals surface area contributed by atoms with Gasteiger partial charge in [0.15, 0.2) is 5.03 Å². The summed E-state index contributed by atoms with van der Waals surface area (Å²) in [5.41, 5.74) is 0. The Morgan fingerprint density at radius 3 is 1.93 bits per heavy atom. The van der Waals surface area contributed by atoms with E-state index >= 15 is 0 Å². The molecule has 1 aromatic rings. The second-order valence-electron chi connectivity index (χ2n) is 2.23. The summed E-state index contributed by atoms with van der Waals surface area (Å²) < 4.78 is 30.0. The van der Waals surface area contributed by atoms with E-state index in [0.717, 1.165) is 0 Å². The SMILES string of the molecule is NS(=O)(=O)c1ccccn1.O=P(O)(O)O. The molecule has 0 fully saturated rings. The van der Waals surface area contributed by atoms with Gasteiger partial charge in [0.1, 0.15) is 0 Å². The maximum atomic E-state index is 10.5. The fourth-order valence-electron chi connectivity index (χ4n) is 0.515. The molecule has 0 spiro atoms. The molecule has 0 aliphatic heterocycles. The van der Waals surface area contributed by atoms with E-state index in [1.807, 2.05) is 0 Å². The van der Waals surface area contributed by atoms with Crippen LogP contribution in [0.2, 0.25) is 0 Å². The Morgan fingerprint density at radius 2 is 1.73 bits per heavy atom. The Kier molecular flexibility index (Phi) is 5.01. The summed E-state index contributed by atoms with van der Waals surface area (Å²) in [7, 11) is -8.25. The molecule has 10 heteroatoms. The van der Waals surface area contributed by atoms with Crippen molar-refractivity contribution < 1.29 is 27.7 Å². The first-order valence-corrected chi connectivity index (χ1v) is 6.44. The highest BCUT2D eigenvalue weighted by molar-refractivity contribution is 7.89. The molecule has 0 aromatic carbocycles. The molecule has 0 aliphatic rings. The van der Waals surface area contributed by atoms with Crippen molar-refractivity contribution in [1.82, 2.24) is 4.98 Å². The Bertz CT molecular complexity index is 432. The van der Waals surface area contributed by atoms with Crippen LogP contribution in [0.1, 0.15) is 0 Å². The largest absolute Gasteiger partial charge is 0.466 e. The van der Waals surface area contributed by atoms with Gasteiger partial charge in [-0.3, -0.25) is 0 Å². The van der Waals surface area contributed by atoms with Crippen LogP contribution in [0.4, 0.5) is 0 Å². The van der Waals surface area contributed by atoms with Gasteiger partial charge in [-0.25, -0.2) is 23.1 Å². The van der Waals surface area contributed by atoms with Crippen LogP contribution >= 0.6 is 7.82 Å². The Labute approximate surface area is 85.7 Å². The van der Waals surface area contributed by atoms with E-state index in [4.69, 9.17) is 24.4 Å². The van der Waals surface area contributed by atoms with Crippen molar-refractivity contribution in [3.8, 4) is 0 Å². The highest BCUT2D eigenvalue weighted by Crippen LogP contribution is 2.25. The van der Waals surface area contributed by atoms with Gasteiger partial charge in [-0.2, -0.15) is 0 Å². The lowest BCUT2D eigenvalue weighted by atomic mass is 10.5. The van der Waals surface area contributed by atoms with Gasteiger partial charge in [-0.05, 0) is 12.1 Å². The zero-order valence-corrected chi connectivity index (χ0v) is 8.97. The zero-order valence-electron chi connectivity index (χ0n) is 7.26. The third kappa shape index (κ3) is 9.47. The lowest BCUT2D eigenvalue weighted by Crippen LogP contribution is -2.13. The summed E-state index contributed by atoms with van der Waals surface area (Å²) in [4.78, 5) is 25.1. The molecule has 86 valence electrons. The van der Waals surface area contributed by atoms with Crippen molar-refractivity contribution in [3.05, 3.63) is 24.4 Å². The van der Waals surface area contributed by atoms with Gasteiger partial charge in [0.05, 0.1) is 0 Å². The third-order valence-corrected chi connectivity index (χ3v) is 1.75. The number of nitrogens with zero attached hydrogens (tertiary/aromatic N) is 1. The van der Waals surface area contributed by atoms with Gasteiger partial charge in [-0.15, -0.1) is 0 Å². The highest BCUT2D eigenvalue weighted by atomic mass is 32.2. The van der Waals surface area contributed by atoms with E-state index in [9.17, 15) is 8.42 Å². The molecule has 15 heavy (non-hydrogen) atoms. The molecule has 0 unspecified atom stereocenters. The predicted molar refractivity (Wildman–Crippen MR) is 49.9 cm³/mol. The monoisotopic (exact) mass is 256 g/mol. The first-order valence-electron chi connectivity index (χ1n) is 3.33. The lowest BCUT2D eigenvalue weighted by molar-refractivity contribution is 0.275. The summed E-state index contributed by atoms with van der Waals surface area (Å²) >= 11 is 0. The first-order chi connectivity index (χ1) is 6.61. The van der Waals surface area contributed by atoms with Crippen molar-refractivity contribution in [2.24, 2.45) is 5.14 Å². The Morgan fingerprint density at radius 1 is 1.27 bits per heavy atom. The van der Waals surface area contributed by atoms with E-state index in [1.165, 1.54) is 12.3 Å². The minimum absolute atomic E-state index is 0.102. The van der Waals surface area contributed by atoms with Gasteiger partial charge >= 0.3 is 7.82 Å². The van der Waals surface area contributed by atoms with E-state index in [1.54, 1.807) is 12.1 Å². The summed E-state index contributed by atoms with van der Waals surface area (Å²) in [5, 5.41) is 4.66. The predicted octanol–water partition coefficient (Wildman–Crippen LogP) is -1.20. The molecule has 0 amide bonds. The van der Waals surface area contributed by atoms with Gasteiger partial charge in [0.25, 0.3) is 10.0 Å². The fraction of sp³-hybridized carbons (Fsp3) is 0. The average molecular weight is 256 g/mol. The van der Waals surface area contributed by atoms with Crippen LogP contribution in [-0.4, -0.2) is 28.1 Å². The van der Waals surface area contributed by atoms with Crippen LogP contribution in [0.15, 0.2) is 29.4 Å². The Hall–Kier alpha value is -0.830. The van der Waals surface area contributed by atoms with E-state index in [2.05, 4.69) is 4.98 Å². The van der Waals surface area contributed by atoms with Crippen molar-refractivity contribution in [3.63, 3.8) is 0 Å². The van der Waals surface area contributed by atoms with E-state index in [-0.39, 0.29) is 5.03 Å². The van der Waals surface area contributed by atoms with Crippen molar-refractivity contribution >= 4 is 17.8 Å². The first kappa shape index (κ1) is 14.2. The average Bonchev–Trinajstić information content (AvgIpc) is 2.01. The van der Waals surface area contributed by atoms with Gasteiger partial charge in [0, 0.05) is 6.20 Å². The molecule has 0 saturated heterocycles. The molecule has 8 nitrogen and oxygen atoms in total. The highest BCUT2D eigenvalue weighted by Gasteiger charge is 2.05. The molecule has 0 atom stereocenters. The van der Waals surface area contributed by atoms with Gasteiger partial charge in [0.2, 0.25) is 0 Å². The fourth-order valence-corrected chi connectivity index (χ4v) is 0.991. The van der Waals surface area contributed by atoms with Crippen LogP contribution < -0.4 is 5.14 Å². The third-order valence-electron chi connectivity index (χ3n) is 0.929. The molecule has 0 saturated carbocycles. The van der Waals surface area contributed by atoms with Crippen molar-refractivity contribution in [2.75, 3.05) is 0 Å². The molecule has 0 radical (unpaired) electrons. The Balaban J connectivity index is 0.000000336. The minimum atomic E-state index is -4.64. The number of nitrogens with two attached hydrogens (primary N) is 1. The van der Waals surface area contributed by atoms with Gasteiger partial charge < -0.3 is 14.7 Å². The second kappa shape index (κ2) is 5.31. The second-order valence-corrected chi connectivity index (χ2v) is 4.76. The molecular formula is C5H9N2O6PS. The summed E-state index contributed by atoms with van der Waals surface area (Å²) in [6.45, 7) is 0. The minimum Gasteiger partial charge on any atom is -0.303 e. The van der Waals surface area contributed by atoms with Crippen LogP contribution in [0, 0.1) is 0 Å². The summed E-state index contributed by atoms with van der Waals surface area (Å²) in [6, 6.07) is 4.52. The van der Waals surface area contributed by atoms with Crippen molar-refractivity contribution in [2.45, 2.75) is 5.03 Å². The molecule has 0 aliphatic carbocycles. The number of phosphoric acid groups is 1. The number of aromatic nitrogens is 1. The molecule has 1 heterocycles. The van der Waals surface area contributed by atoms with Crippen molar-refractivity contribution in [1.29, 1.82) is 0 Å². The maximum absolute atomic E-state index is 10.5. The number of primary sulfonamides is 1. The van der Waals surface area contributed by atoms with Crippen LogP contribution in [-0.2, 0) is 14.6 Å². The zero-order chi connectivity index (χ0) is 12.1. The number of rotatable bonds is 1. The number of sulfonamides is 1. The van der Waals surface area contributed by atoms with Gasteiger partial charge in [-0.1, -0.05) is 6.07 Å². The lowest BCUT2D eigenvalue weighted by Gasteiger charge is -1.92. The summed E-state index contributed by atoms with van der Waals surface area (Å²) in [6.07, 6.45) is 1.37. The molecule has 1 aromatic heterocycles. The summed E-state index contributed by atoms with van der Waals surface area (Å²) in [5.74, 6) is 0.